The second-order valence-electron chi connectivity index (χ2n) is 6.78. The van der Waals surface area contributed by atoms with Crippen LogP contribution in [0.1, 0.15) is 31.9 Å². The maximum absolute atomic E-state index is 13.9. The molecule has 4 nitrogen and oxygen atoms in total. The first-order chi connectivity index (χ1) is 11.6. The van der Waals surface area contributed by atoms with Gasteiger partial charge in [-0.15, -0.1) is 0 Å². The van der Waals surface area contributed by atoms with Crippen molar-refractivity contribution in [2.45, 2.75) is 38.0 Å². The van der Waals surface area contributed by atoms with Crippen LogP contribution < -0.4 is 10.2 Å². The molecule has 134 valence electrons. The van der Waals surface area contributed by atoms with E-state index in [0.717, 1.165) is 10.4 Å². The van der Waals surface area contributed by atoms with Gasteiger partial charge in [-0.05, 0) is 36.9 Å². The molecule has 7 heteroatoms. The van der Waals surface area contributed by atoms with Crippen molar-refractivity contribution in [3.63, 3.8) is 0 Å². The summed E-state index contributed by atoms with van der Waals surface area (Å²) in [5, 5.41) is 2.39. The Hall–Kier alpha value is -2.28. The van der Waals surface area contributed by atoms with Crippen LogP contribution in [-0.4, -0.2) is 29.7 Å². The number of hydrogen-bond acceptors (Lipinski definition) is 3. The summed E-state index contributed by atoms with van der Waals surface area (Å²) in [4.78, 5) is 11.7. The van der Waals surface area contributed by atoms with Crippen LogP contribution in [0.25, 0.3) is 10.8 Å². The standard InChI is InChI=1S/C18H19F3N2O2/c1-17(2)10-15(24)22-23(17)16(18(19,20)21)12-7-8-13-11(9-12)5-4-6-14(13)25-3/h4-9,16H,10H2,1-3H3,(H,22,24). The van der Waals surface area contributed by atoms with Crippen LogP contribution in [0.3, 0.4) is 0 Å². The Bertz CT molecular complexity index is 818. The maximum atomic E-state index is 13.9. The first kappa shape index (κ1) is 17.5. The van der Waals surface area contributed by atoms with Crippen LogP contribution in [0.15, 0.2) is 36.4 Å². The van der Waals surface area contributed by atoms with Gasteiger partial charge < -0.3 is 4.74 Å². The lowest BCUT2D eigenvalue weighted by molar-refractivity contribution is -0.203. The molecule has 1 unspecified atom stereocenters. The van der Waals surface area contributed by atoms with Gasteiger partial charge in [-0.3, -0.25) is 10.2 Å². The molecule has 2 aromatic carbocycles. The number of nitrogens with zero attached hydrogens (tertiary/aromatic N) is 1. The van der Waals surface area contributed by atoms with Gasteiger partial charge in [0.15, 0.2) is 6.04 Å². The Balaban J connectivity index is 2.12. The molecule has 0 spiro atoms. The number of amides is 1. The molecule has 3 rings (SSSR count). The fourth-order valence-electron chi connectivity index (χ4n) is 3.32. The molecule has 1 amide bonds. The lowest BCUT2D eigenvalue weighted by Gasteiger charge is -2.38. The van der Waals surface area contributed by atoms with E-state index in [2.05, 4.69) is 5.43 Å². The summed E-state index contributed by atoms with van der Waals surface area (Å²) in [6.45, 7) is 3.24. The largest absolute Gasteiger partial charge is 0.496 e. The van der Waals surface area contributed by atoms with E-state index < -0.39 is 23.7 Å². The summed E-state index contributed by atoms with van der Waals surface area (Å²) in [5.41, 5.74) is 1.50. The number of rotatable bonds is 3. The van der Waals surface area contributed by atoms with Gasteiger partial charge >= 0.3 is 6.18 Å². The fraction of sp³-hybridized carbons (Fsp3) is 0.389. The van der Waals surface area contributed by atoms with Gasteiger partial charge in [0.05, 0.1) is 7.11 Å². The molecule has 0 bridgehead atoms. The summed E-state index contributed by atoms with van der Waals surface area (Å²) < 4.78 is 46.8. The van der Waals surface area contributed by atoms with Crippen molar-refractivity contribution >= 4 is 16.7 Å². The summed E-state index contributed by atoms with van der Waals surface area (Å²) in [7, 11) is 1.52. The zero-order chi connectivity index (χ0) is 18.4. The molecule has 1 saturated heterocycles. The molecular formula is C18H19F3N2O2. The number of benzene rings is 2. The van der Waals surface area contributed by atoms with Crippen molar-refractivity contribution in [2.75, 3.05) is 7.11 Å². The van der Waals surface area contributed by atoms with E-state index in [-0.39, 0.29) is 12.0 Å². The number of hydrazine groups is 1. The molecule has 25 heavy (non-hydrogen) atoms. The van der Waals surface area contributed by atoms with Crippen molar-refractivity contribution in [1.29, 1.82) is 0 Å². The van der Waals surface area contributed by atoms with E-state index in [1.165, 1.54) is 19.2 Å². The second kappa shape index (κ2) is 5.91. The zero-order valence-electron chi connectivity index (χ0n) is 14.1. The highest BCUT2D eigenvalue weighted by Crippen LogP contribution is 2.43. The molecule has 1 heterocycles. The summed E-state index contributed by atoms with van der Waals surface area (Å²) >= 11 is 0. The van der Waals surface area contributed by atoms with Gasteiger partial charge in [-0.1, -0.05) is 24.3 Å². The molecule has 0 saturated carbocycles. The van der Waals surface area contributed by atoms with Gasteiger partial charge in [0.2, 0.25) is 5.91 Å². The van der Waals surface area contributed by atoms with Crippen LogP contribution >= 0.6 is 0 Å². The van der Waals surface area contributed by atoms with Gasteiger partial charge in [-0.25, -0.2) is 0 Å². The van der Waals surface area contributed by atoms with E-state index in [4.69, 9.17) is 4.74 Å². The number of nitrogens with one attached hydrogen (secondary N) is 1. The molecule has 1 aliphatic heterocycles. The molecule has 1 fully saturated rings. The molecule has 0 radical (unpaired) electrons. The Morgan fingerprint density at radius 1 is 1.24 bits per heavy atom. The number of halogens is 3. The summed E-state index contributed by atoms with van der Waals surface area (Å²) in [6, 6.07) is 7.85. The van der Waals surface area contributed by atoms with Gasteiger partial charge in [-0.2, -0.15) is 18.2 Å². The smallest absolute Gasteiger partial charge is 0.409 e. The molecule has 1 aliphatic rings. The number of carbonyl (C=O) groups excluding carboxylic acids is 1. The van der Waals surface area contributed by atoms with E-state index in [1.807, 2.05) is 0 Å². The van der Waals surface area contributed by atoms with Crippen LogP contribution in [0.5, 0.6) is 5.75 Å². The highest BCUT2D eigenvalue weighted by molar-refractivity contribution is 5.89. The Kier molecular flexibility index (Phi) is 4.15. The highest BCUT2D eigenvalue weighted by atomic mass is 19.4. The zero-order valence-corrected chi connectivity index (χ0v) is 14.1. The van der Waals surface area contributed by atoms with Gasteiger partial charge in [0.25, 0.3) is 0 Å². The SMILES string of the molecule is COc1cccc2cc(C(N3NC(=O)CC3(C)C)C(F)(F)F)ccc12. The first-order valence-corrected chi connectivity index (χ1v) is 7.86. The molecule has 1 atom stereocenters. The molecule has 0 aromatic heterocycles. The van der Waals surface area contributed by atoms with E-state index >= 15 is 0 Å². The van der Waals surface area contributed by atoms with E-state index in [9.17, 15) is 18.0 Å². The predicted molar refractivity (Wildman–Crippen MR) is 88.0 cm³/mol. The van der Waals surface area contributed by atoms with Crippen molar-refractivity contribution in [1.82, 2.24) is 10.4 Å². The minimum Gasteiger partial charge on any atom is -0.496 e. The fourth-order valence-corrected chi connectivity index (χ4v) is 3.32. The van der Waals surface area contributed by atoms with Crippen molar-refractivity contribution in [2.24, 2.45) is 0 Å². The Morgan fingerprint density at radius 3 is 2.52 bits per heavy atom. The number of ether oxygens (including phenoxy) is 1. The summed E-state index contributed by atoms with van der Waals surface area (Å²) in [6.07, 6.45) is -4.53. The third kappa shape index (κ3) is 3.16. The average Bonchev–Trinajstić information content (AvgIpc) is 2.77. The quantitative estimate of drug-likeness (QED) is 0.909. The minimum absolute atomic E-state index is 0.0149. The first-order valence-electron chi connectivity index (χ1n) is 7.86. The lowest BCUT2D eigenvalue weighted by atomic mass is 9.95. The predicted octanol–water partition coefficient (Wildman–Crippen LogP) is 3.97. The average molecular weight is 352 g/mol. The van der Waals surface area contributed by atoms with Crippen LogP contribution in [0, 0.1) is 0 Å². The molecular weight excluding hydrogens is 333 g/mol. The summed E-state index contributed by atoms with van der Waals surface area (Å²) in [5.74, 6) is 0.184. The number of methoxy groups -OCH3 is 1. The van der Waals surface area contributed by atoms with Crippen LogP contribution in [0.2, 0.25) is 0 Å². The van der Waals surface area contributed by atoms with Crippen molar-refractivity contribution in [3.05, 3.63) is 42.0 Å². The van der Waals surface area contributed by atoms with Crippen molar-refractivity contribution < 1.29 is 22.7 Å². The normalized spacial score (nSPS) is 19.0. The third-order valence-electron chi connectivity index (χ3n) is 4.46. The Labute approximate surface area is 143 Å². The number of alkyl halides is 3. The topological polar surface area (TPSA) is 41.6 Å². The maximum Gasteiger partial charge on any atom is 0.409 e. The van der Waals surface area contributed by atoms with E-state index in [1.54, 1.807) is 38.1 Å². The lowest BCUT2D eigenvalue weighted by Crippen LogP contribution is -2.51. The highest BCUT2D eigenvalue weighted by Gasteiger charge is 2.52. The second-order valence-corrected chi connectivity index (χ2v) is 6.78. The van der Waals surface area contributed by atoms with Gasteiger partial charge in [0, 0.05) is 17.3 Å². The van der Waals surface area contributed by atoms with Crippen LogP contribution in [-0.2, 0) is 4.79 Å². The minimum atomic E-state index is -4.54. The Morgan fingerprint density at radius 2 is 1.96 bits per heavy atom. The van der Waals surface area contributed by atoms with Gasteiger partial charge in [0.1, 0.15) is 5.75 Å². The molecule has 1 N–H and O–H groups in total. The van der Waals surface area contributed by atoms with Crippen LogP contribution in [0.4, 0.5) is 13.2 Å². The monoisotopic (exact) mass is 352 g/mol. The number of hydrogen-bond donors (Lipinski definition) is 1. The van der Waals surface area contributed by atoms with Crippen molar-refractivity contribution in [3.8, 4) is 5.75 Å². The molecule has 2 aromatic rings. The number of fused-ring (bicyclic) bond motifs is 1. The number of carbonyl (C=O) groups is 1. The third-order valence-corrected chi connectivity index (χ3v) is 4.46. The molecule has 0 aliphatic carbocycles. The van der Waals surface area contributed by atoms with E-state index in [0.29, 0.717) is 11.1 Å².